The van der Waals surface area contributed by atoms with E-state index >= 15 is 0 Å². The summed E-state index contributed by atoms with van der Waals surface area (Å²) in [5.41, 5.74) is 18.5. The number of aromatic nitrogens is 20. The average molecular weight is 2180 g/mol. The predicted octanol–water partition coefficient (Wildman–Crippen LogP) is 16.4. The van der Waals surface area contributed by atoms with Gasteiger partial charge in [0.15, 0.2) is 5.82 Å². The van der Waals surface area contributed by atoms with Crippen LogP contribution in [0.5, 0.6) is 0 Å². The maximum atomic E-state index is 5.28. The molecular weight excluding hydrogens is 2090 g/mol. The topological polar surface area (TPSA) is 251 Å². The van der Waals surface area contributed by atoms with Crippen molar-refractivity contribution in [2.45, 2.75) is 123 Å². The molecule has 0 saturated heterocycles. The van der Waals surface area contributed by atoms with Gasteiger partial charge in [0, 0.05) is 182 Å². The summed E-state index contributed by atoms with van der Waals surface area (Å²) in [6.45, 7) is 41.0. The third kappa shape index (κ3) is 27.4. The monoisotopic (exact) mass is 2180 g/mol. The van der Waals surface area contributed by atoms with Gasteiger partial charge < -0.3 is 81.8 Å². The van der Waals surface area contributed by atoms with Crippen molar-refractivity contribution in [3.05, 3.63) is 294 Å². The van der Waals surface area contributed by atoms with Crippen LogP contribution in [0.15, 0.2) is 146 Å². The first-order chi connectivity index (χ1) is 52.4. The van der Waals surface area contributed by atoms with Crippen LogP contribution in [0.1, 0.15) is 164 Å². The van der Waals surface area contributed by atoms with E-state index in [4.69, 9.17) is 13.2 Å². The molecule has 3 aliphatic carbocycles. The van der Waals surface area contributed by atoms with Crippen molar-refractivity contribution < 1.29 is 84.3 Å². The Morgan fingerprint density at radius 1 is 0.442 bits per heavy atom. The van der Waals surface area contributed by atoms with Crippen LogP contribution in [-0.2, 0) is 151 Å². The van der Waals surface area contributed by atoms with Gasteiger partial charge in [0.2, 0.25) is 0 Å². The van der Waals surface area contributed by atoms with Gasteiger partial charge in [-0.05, 0) is 56.8 Å². The third-order valence-corrected chi connectivity index (χ3v) is 16.8. The standard InChI is InChI=1S/3C11H11N3.3C11H13N2.C10H8N4.C10H10N3.CH4.4W/c3*1-14-6-8-4-2-3-5-9-10(8)11(14)13-7-12-9;3*1-4-5-6-10-7-11(9(2)3)13-8-12-10;1-14-5-7-3-2-4-11-9-8(7)10(14)13-6-12-9;1-4-5-11-10-6-9(8(2)3)12-7-13-10;;;;;/h3*2,4,6-7H,3,5H2,1H3;2*4-5,8-9H,1-2,6H2,3H3;1,4,8-9H,2,5-6H2,3H3;2-6H,1H3;1,4-5,7-8H,2H2,3H3;1H4;;;;/q;;;3*-3;;-3;;;;;. The fourth-order valence-electron chi connectivity index (χ4n) is 11.4. The molecule has 4 aliphatic rings. The molecule has 16 rings (SSSR count). The minimum absolute atomic E-state index is 0. The SMILES string of the molecule is C.Cn1cc2c3c(ncnc31)CCC=C2.Cn1cc2c3c(ncnc31)CCC=C2.Cn1cc2c3c(ncnc31)CCC=C2.Cn1cc2c3c(ncnc31)N=CC=C2.[CH-]=CC=Nc1[c-]c(C([CH2-])C)ncn1.[CH-]=CCCc1[c-]c(C([CH2-])C)ncn1.[CH2-]C=CCc1[c-]c(C([CH2-])C)ncn1.[CH2-]C=CCc1[c-]c(C([CH2-])C)ncn1.[W].[W].[W].[W]. The van der Waals surface area contributed by atoms with Gasteiger partial charge in [-0.15, -0.1) is 23.3 Å². The van der Waals surface area contributed by atoms with Crippen LogP contribution in [0, 0.1) is 79.0 Å². The van der Waals surface area contributed by atoms with Gasteiger partial charge in [-0.1, -0.05) is 96.9 Å². The summed E-state index contributed by atoms with van der Waals surface area (Å²) < 4.78 is 8.17. The van der Waals surface area contributed by atoms with Gasteiger partial charge in [-0.25, -0.2) is 89.1 Å². The molecule has 13 heterocycles. The largest absolute Gasteiger partial charge is 0.518 e. The molecule has 0 aromatic carbocycles. The fraction of sp³-hybridized carbons (Fsp3) is 0.264. The van der Waals surface area contributed by atoms with E-state index < -0.39 is 0 Å². The van der Waals surface area contributed by atoms with Crippen LogP contribution in [-0.4, -0.2) is 110 Å². The summed E-state index contributed by atoms with van der Waals surface area (Å²) in [5, 5.41) is 4.70. The number of allylic oxidation sites excluding steroid dienone is 10. The van der Waals surface area contributed by atoms with Crippen molar-refractivity contribution in [1.29, 1.82) is 0 Å². The summed E-state index contributed by atoms with van der Waals surface area (Å²) in [4.78, 5) is 74.9. The zero-order valence-electron chi connectivity index (χ0n) is 64.4. The quantitative estimate of drug-likeness (QED) is 0.0768. The molecule has 26 heteroatoms. The Bertz CT molecular complexity index is 4950. The smallest absolute Gasteiger partial charge is 0.165 e. The Kier molecular flexibility index (Phi) is 41.8. The number of nitrogens with zero attached hydrogens (tertiary/aromatic N) is 22. The molecule has 0 fully saturated rings. The van der Waals surface area contributed by atoms with Gasteiger partial charge in [-0.2, -0.15) is 46.4 Å². The van der Waals surface area contributed by atoms with Gasteiger partial charge in [-0.3, -0.25) is 52.5 Å². The van der Waals surface area contributed by atoms with E-state index in [2.05, 4.69) is 224 Å². The third-order valence-electron chi connectivity index (χ3n) is 16.8. The maximum absolute atomic E-state index is 5.28. The van der Waals surface area contributed by atoms with Gasteiger partial charge in [0.1, 0.15) is 73.2 Å². The van der Waals surface area contributed by atoms with E-state index in [1.165, 1.54) is 68.5 Å². The summed E-state index contributed by atoms with van der Waals surface area (Å²) >= 11 is 0. The molecule has 4 unspecified atom stereocenters. The summed E-state index contributed by atoms with van der Waals surface area (Å²) in [5.74, 6) is 1.77. The molecule has 0 radical (unpaired) electrons. The molecule has 4 atom stereocenters. The molecule has 12 aromatic heterocycles. The van der Waals surface area contributed by atoms with Crippen LogP contribution < -0.4 is 0 Å². The molecule has 588 valence electrons. The molecular formula is C87H94N22W4-12. The number of aliphatic imine (C=N–C) groups is 2. The van der Waals surface area contributed by atoms with Crippen LogP contribution in [0.25, 0.3) is 68.4 Å². The Morgan fingerprint density at radius 2 is 0.788 bits per heavy atom. The molecule has 22 nitrogen and oxygen atoms in total. The molecule has 0 amide bonds. The van der Waals surface area contributed by atoms with Gasteiger partial charge in [0.25, 0.3) is 0 Å². The second-order valence-corrected chi connectivity index (χ2v) is 25.6. The first-order valence-electron chi connectivity index (χ1n) is 35.5. The molecule has 113 heavy (non-hydrogen) atoms. The number of aryl methyl sites for hydroxylation is 8. The van der Waals surface area contributed by atoms with Crippen molar-refractivity contribution in [1.82, 2.24) is 98.0 Å². The second kappa shape index (κ2) is 49.2. The van der Waals surface area contributed by atoms with Crippen LogP contribution in [0.3, 0.4) is 0 Å². The Hall–Kier alpha value is -9.45. The van der Waals surface area contributed by atoms with Crippen LogP contribution >= 0.6 is 0 Å². The first-order valence-corrected chi connectivity index (χ1v) is 35.5. The average Bonchev–Trinajstić information content (AvgIpc) is 1.66. The molecule has 0 spiro atoms. The molecule has 12 aromatic rings. The van der Waals surface area contributed by atoms with Gasteiger partial charge >= 0.3 is 0 Å². The Morgan fingerprint density at radius 3 is 1.17 bits per heavy atom. The zero-order valence-corrected chi connectivity index (χ0v) is 76.1. The first kappa shape index (κ1) is 95.9. The summed E-state index contributed by atoms with van der Waals surface area (Å²) in [6.07, 6.45) is 61.1. The minimum atomic E-state index is 0. The van der Waals surface area contributed by atoms with Crippen LogP contribution in [0.4, 0.5) is 11.6 Å². The molecule has 0 saturated carbocycles. The van der Waals surface area contributed by atoms with Crippen molar-refractivity contribution in [3.8, 4) is 0 Å². The van der Waals surface area contributed by atoms with Crippen LogP contribution in [0.2, 0.25) is 0 Å². The Labute approximate surface area is 724 Å². The molecule has 0 N–H and O–H groups in total. The van der Waals surface area contributed by atoms with E-state index in [0.717, 1.165) is 143 Å². The maximum Gasteiger partial charge on any atom is 0.165 e. The molecule has 1 aliphatic heterocycles. The predicted molar refractivity (Wildman–Crippen MR) is 439 cm³/mol. The Balaban J connectivity index is 0.000000271. The van der Waals surface area contributed by atoms with E-state index in [-0.39, 0.29) is 115 Å². The van der Waals surface area contributed by atoms with E-state index in [1.54, 1.807) is 68.7 Å². The summed E-state index contributed by atoms with van der Waals surface area (Å²) in [6, 6.07) is 12.3. The zero-order chi connectivity index (χ0) is 76.9. The van der Waals surface area contributed by atoms with Crippen molar-refractivity contribution in [3.63, 3.8) is 0 Å². The van der Waals surface area contributed by atoms with Gasteiger partial charge in [0.05, 0.1) is 22.5 Å². The van der Waals surface area contributed by atoms with E-state index in [9.17, 15) is 0 Å². The fourth-order valence-corrected chi connectivity index (χ4v) is 11.4. The minimum Gasteiger partial charge on any atom is -0.518 e. The van der Waals surface area contributed by atoms with Crippen molar-refractivity contribution in [2.24, 2.45) is 38.2 Å². The summed E-state index contributed by atoms with van der Waals surface area (Å²) in [7, 11) is 8.05. The van der Waals surface area contributed by atoms with Crippen molar-refractivity contribution in [2.75, 3.05) is 0 Å². The normalized spacial score (nSPS) is 13.1. The number of hydrogen-bond acceptors (Lipinski definition) is 18. The van der Waals surface area contributed by atoms with E-state index in [1.807, 2.05) is 91.0 Å². The second-order valence-electron chi connectivity index (χ2n) is 25.6. The number of hydrogen-bond donors (Lipinski definition) is 0. The number of rotatable bonds is 13. The van der Waals surface area contributed by atoms with E-state index in [0.29, 0.717) is 5.82 Å². The molecule has 0 bridgehead atoms. The van der Waals surface area contributed by atoms with Crippen molar-refractivity contribution >= 4 is 92.5 Å².